The Labute approximate surface area is 531 Å². The van der Waals surface area contributed by atoms with Crippen molar-refractivity contribution in [2.45, 2.75) is 38.5 Å². The number of carbonyl (C=O) groups is 4. The van der Waals surface area contributed by atoms with Gasteiger partial charge in [0, 0.05) is 62.5 Å². The smallest absolute Gasteiger partial charge is 0.338 e. The standard InChI is InChI=1S/C81H60N4O7/c1-3-78(87)91-63-44-38-60(39-45-63)81(76-27-15-23-69(82-76)55-17-7-5-8-18-55,77-28-16-24-70(83-77)56-19-9-6-10-20-56)59-36-29-57(30-37-59)75(86)49-50-79(88)92-64-46-48-74-68(52-64)66-22-12-14-26-72(66)85(74)62-42-33-54(34-43-62)53-31-40-61(41-32-53)84-71-25-13-11-21-65(71)67-51-58(35-47-73(67)84)80(89)90-4-2/h5-48,51-52H,3-4,49-50H2,1-2H3. The van der Waals surface area contributed by atoms with E-state index in [9.17, 15) is 19.2 Å². The third-order valence-electron chi connectivity index (χ3n) is 17.1. The predicted molar refractivity (Wildman–Crippen MR) is 363 cm³/mol. The first-order chi connectivity index (χ1) is 45.1. The van der Waals surface area contributed by atoms with E-state index >= 15 is 0 Å². The molecule has 0 saturated carbocycles. The van der Waals surface area contributed by atoms with Gasteiger partial charge in [0.05, 0.1) is 63.4 Å². The van der Waals surface area contributed by atoms with Crippen molar-refractivity contribution in [1.29, 1.82) is 0 Å². The van der Waals surface area contributed by atoms with E-state index < -0.39 is 11.4 Å². The van der Waals surface area contributed by atoms with Crippen LogP contribution < -0.4 is 9.47 Å². The van der Waals surface area contributed by atoms with Crippen molar-refractivity contribution in [3.05, 3.63) is 313 Å². The van der Waals surface area contributed by atoms with Gasteiger partial charge in [0.15, 0.2) is 5.78 Å². The molecule has 11 heteroatoms. The van der Waals surface area contributed by atoms with Crippen molar-refractivity contribution in [1.82, 2.24) is 19.1 Å². The topological polar surface area (TPSA) is 132 Å². The summed E-state index contributed by atoms with van der Waals surface area (Å²) >= 11 is 0. The molecule has 0 radical (unpaired) electrons. The Kier molecular flexibility index (Phi) is 15.7. The summed E-state index contributed by atoms with van der Waals surface area (Å²) in [5.41, 5.74) is 14.2. The molecule has 92 heavy (non-hydrogen) atoms. The van der Waals surface area contributed by atoms with E-state index in [1.165, 1.54) is 0 Å². The van der Waals surface area contributed by atoms with Crippen LogP contribution in [-0.2, 0) is 19.7 Å². The summed E-state index contributed by atoms with van der Waals surface area (Å²) in [6, 6.07) is 91.7. The maximum atomic E-state index is 14.2. The largest absolute Gasteiger partial charge is 0.462 e. The normalized spacial score (nSPS) is 11.5. The van der Waals surface area contributed by atoms with E-state index in [1.807, 2.05) is 183 Å². The summed E-state index contributed by atoms with van der Waals surface area (Å²) in [5.74, 6) is -0.637. The van der Waals surface area contributed by atoms with Gasteiger partial charge in [0.1, 0.15) is 16.9 Å². The van der Waals surface area contributed by atoms with E-state index in [-0.39, 0.29) is 37.0 Å². The Bertz CT molecular complexity index is 5010. The average molecular weight is 1200 g/mol. The molecule has 0 amide bonds. The zero-order chi connectivity index (χ0) is 62.7. The van der Waals surface area contributed by atoms with Crippen molar-refractivity contribution in [3.8, 4) is 56.5 Å². The maximum Gasteiger partial charge on any atom is 0.338 e. The highest BCUT2D eigenvalue weighted by atomic mass is 16.5. The molecule has 0 N–H and O–H groups in total. The minimum absolute atomic E-state index is 0.0771. The summed E-state index contributed by atoms with van der Waals surface area (Å²) < 4.78 is 21.4. The Morgan fingerprint density at radius 2 is 0.837 bits per heavy atom. The molecule has 11 nitrogen and oxygen atoms in total. The van der Waals surface area contributed by atoms with Gasteiger partial charge in [-0.05, 0) is 138 Å². The lowest BCUT2D eigenvalue weighted by molar-refractivity contribution is -0.135. The van der Waals surface area contributed by atoms with Crippen molar-refractivity contribution >= 4 is 67.3 Å². The van der Waals surface area contributed by atoms with Crippen molar-refractivity contribution in [2.24, 2.45) is 0 Å². The Balaban J connectivity index is 0.712. The fraction of sp³-hybridized carbons (Fsp3) is 0.0864. The Hall–Kier alpha value is -11.8. The van der Waals surface area contributed by atoms with Crippen LogP contribution in [0.15, 0.2) is 279 Å². The third-order valence-corrected chi connectivity index (χ3v) is 17.1. The van der Waals surface area contributed by atoms with Gasteiger partial charge in [-0.25, -0.2) is 4.79 Å². The number of para-hydroxylation sites is 2. The van der Waals surface area contributed by atoms with Crippen molar-refractivity contribution < 1.29 is 33.4 Å². The number of ether oxygens (including phenoxy) is 3. The molecule has 0 saturated heterocycles. The van der Waals surface area contributed by atoms with Crippen molar-refractivity contribution in [2.75, 3.05) is 6.61 Å². The zero-order valence-electron chi connectivity index (χ0n) is 50.5. The van der Waals surface area contributed by atoms with Gasteiger partial charge in [0.2, 0.25) is 0 Å². The molecule has 0 aliphatic rings. The quantitative estimate of drug-likeness (QED) is 0.0468. The lowest BCUT2D eigenvalue weighted by Crippen LogP contribution is -2.33. The fourth-order valence-electron chi connectivity index (χ4n) is 12.6. The van der Waals surface area contributed by atoms with Gasteiger partial charge >= 0.3 is 17.9 Å². The second-order valence-electron chi connectivity index (χ2n) is 22.6. The molecule has 0 atom stereocenters. The summed E-state index contributed by atoms with van der Waals surface area (Å²) in [5, 5.41) is 3.95. The van der Waals surface area contributed by atoms with Gasteiger partial charge in [0.25, 0.3) is 0 Å². The average Bonchev–Trinajstić information content (AvgIpc) is 1.06. The number of hydrogen-bond acceptors (Lipinski definition) is 9. The molecule has 14 rings (SSSR count). The van der Waals surface area contributed by atoms with E-state index in [0.29, 0.717) is 40.6 Å². The summed E-state index contributed by atoms with van der Waals surface area (Å²) in [4.78, 5) is 63.9. The second kappa shape index (κ2) is 25.0. The molecule has 0 unspecified atom stereocenters. The number of nitrogens with zero attached hydrogens (tertiary/aromatic N) is 4. The van der Waals surface area contributed by atoms with Crippen LogP contribution >= 0.6 is 0 Å². The number of hydrogen-bond donors (Lipinski definition) is 0. The number of benzene rings is 10. The Morgan fingerprint density at radius 3 is 1.37 bits per heavy atom. The maximum absolute atomic E-state index is 14.2. The number of rotatable bonds is 18. The molecule has 0 aliphatic carbocycles. The van der Waals surface area contributed by atoms with E-state index in [0.717, 1.165) is 99.8 Å². The SMILES string of the molecule is CCOC(=O)c1ccc2c(c1)c1ccccc1n2-c1ccc(-c2ccc(-n3c4ccccc4c4cc(OC(=O)CCC(=O)c5ccc(C(c6ccc(OC(=O)CC)cc6)(c6cccc(-c7ccccc7)n6)c6cccc(-c7ccccc7)n6)cc5)ccc43)cc2)cc1. The molecule has 0 bridgehead atoms. The Morgan fingerprint density at radius 1 is 0.380 bits per heavy atom. The molecule has 14 aromatic rings. The van der Waals surface area contributed by atoms with Crippen LogP contribution in [0.2, 0.25) is 0 Å². The van der Waals surface area contributed by atoms with Crippen LogP contribution in [0.4, 0.5) is 0 Å². The minimum atomic E-state index is -1.17. The third kappa shape index (κ3) is 11.0. The van der Waals surface area contributed by atoms with Gasteiger partial charge in [-0.2, -0.15) is 0 Å². The molecular formula is C81H60N4O7. The van der Waals surface area contributed by atoms with Gasteiger partial charge in [-0.15, -0.1) is 0 Å². The zero-order valence-corrected chi connectivity index (χ0v) is 50.5. The first-order valence-corrected chi connectivity index (χ1v) is 30.8. The number of aromatic nitrogens is 4. The van der Waals surface area contributed by atoms with E-state index in [1.54, 1.807) is 37.3 Å². The number of esters is 3. The summed E-state index contributed by atoms with van der Waals surface area (Å²) in [6.45, 7) is 3.88. The number of pyridine rings is 2. The molecular weight excluding hydrogens is 1140 g/mol. The molecule has 0 aliphatic heterocycles. The minimum Gasteiger partial charge on any atom is -0.462 e. The fourth-order valence-corrected chi connectivity index (χ4v) is 12.6. The molecule has 0 spiro atoms. The van der Waals surface area contributed by atoms with E-state index in [2.05, 4.69) is 81.9 Å². The van der Waals surface area contributed by atoms with Gasteiger partial charge < -0.3 is 23.3 Å². The van der Waals surface area contributed by atoms with Crippen LogP contribution in [0.3, 0.4) is 0 Å². The van der Waals surface area contributed by atoms with Crippen LogP contribution in [0.1, 0.15) is 76.3 Å². The molecule has 4 aromatic heterocycles. The molecule has 4 heterocycles. The lowest BCUT2D eigenvalue weighted by Gasteiger charge is -2.35. The number of ketones is 1. The highest BCUT2D eigenvalue weighted by molar-refractivity contribution is 6.12. The first kappa shape index (κ1) is 57.9. The molecule has 0 fully saturated rings. The van der Waals surface area contributed by atoms with E-state index in [4.69, 9.17) is 24.2 Å². The number of Topliss-reactive ketones (excluding diaryl/α,β-unsaturated/α-hetero) is 1. The molecule has 446 valence electrons. The highest BCUT2D eigenvalue weighted by Crippen LogP contribution is 2.46. The van der Waals surface area contributed by atoms with Crippen LogP contribution in [0.25, 0.3) is 88.6 Å². The van der Waals surface area contributed by atoms with Crippen LogP contribution in [0.5, 0.6) is 11.5 Å². The number of fused-ring (bicyclic) bond motifs is 6. The monoisotopic (exact) mass is 1200 g/mol. The predicted octanol–water partition coefficient (Wildman–Crippen LogP) is 18.1. The number of carbonyl (C=O) groups excluding carboxylic acids is 4. The summed E-state index contributed by atoms with van der Waals surface area (Å²) in [7, 11) is 0. The van der Waals surface area contributed by atoms with Crippen LogP contribution in [-0.4, -0.2) is 49.4 Å². The second-order valence-corrected chi connectivity index (χ2v) is 22.6. The first-order valence-electron chi connectivity index (χ1n) is 30.8. The van der Waals surface area contributed by atoms with Crippen LogP contribution in [0, 0.1) is 0 Å². The molecule has 10 aromatic carbocycles. The highest BCUT2D eigenvalue weighted by Gasteiger charge is 2.42. The van der Waals surface area contributed by atoms with Crippen molar-refractivity contribution in [3.63, 3.8) is 0 Å². The summed E-state index contributed by atoms with van der Waals surface area (Å²) in [6.07, 6.45) is 0.0106. The lowest BCUT2D eigenvalue weighted by atomic mass is 9.68. The van der Waals surface area contributed by atoms with Gasteiger partial charge in [-0.3, -0.25) is 24.4 Å². The van der Waals surface area contributed by atoms with Gasteiger partial charge in [-0.1, -0.05) is 177 Å².